The number of carboxylic acids is 1. The Morgan fingerprint density at radius 2 is 2.07 bits per heavy atom. The van der Waals surface area contributed by atoms with E-state index in [0.29, 0.717) is 24.4 Å². The molecule has 2 aromatic rings. The van der Waals surface area contributed by atoms with Crippen LogP contribution < -0.4 is 10.1 Å². The Labute approximate surface area is 162 Å². The highest BCUT2D eigenvalue weighted by molar-refractivity contribution is 6.03. The van der Waals surface area contributed by atoms with Gasteiger partial charge in [-0.1, -0.05) is 23.7 Å². The number of hydrogen-bond donors (Lipinski definition) is 2. The van der Waals surface area contributed by atoms with Gasteiger partial charge in [0, 0.05) is 5.56 Å². The van der Waals surface area contributed by atoms with Crippen molar-refractivity contribution in [3.8, 4) is 17.1 Å². The van der Waals surface area contributed by atoms with E-state index in [1.807, 2.05) is 18.2 Å². The molecule has 2 aliphatic carbocycles. The number of rotatable bonds is 6. The third-order valence-corrected chi connectivity index (χ3v) is 6.10. The van der Waals surface area contributed by atoms with Gasteiger partial charge in [0.05, 0.1) is 7.11 Å². The minimum atomic E-state index is -1.34. The molecule has 2 N–H and O–H groups in total. The van der Waals surface area contributed by atoms with Crippen LogP contribution in [0.25, 0.3) is 11.4 Å². The third kappa shape index (κ3) is 2.93. The lowest BCUT2D eigenvalue weighted by atomic mass is 9.45. The predicted octanol–water partition coefficient (Wildman–Crippen LogP) is 2.96. The first kappa shape index (κ1) is 18.5. The Morgan fingerprint density at radius 1 is 1.32 bits per heavy atom. The van der Waals surface area contributed by atoms with Crippen molar-refractivity contribution < 1.29 is 24.0 Å². The number of carbonyl (C=O) groups excluding carboxylic acids is 1. The Kier molecular flexibility index (Phi) is 4.36. The monoisotopic (exact) mass is 385 g/mol. The molecule has 2 saturated carbocycles. The third-order valence-electron chi connectivity index (χ3n) is 6.10. The van der Waals surface area contributed by atoms with E-state index >= 15 is 0 Å². The summed E-state index contributed by atoms with van der Waals surface area (Å²) in [6.07, 6.45) is 3.96. The van der Waals surface area contributed by atoms with Gasteiger partial charge < -0.3 is 19.7 Å². The van der Waals surface area contributed by atoms with Crippen LogP contribution in [-0.2, 0) is 9.59 Å². The van der Waals surface area contributed by atoms with E-state index < -0.39 is 23.3 Å². The van der Waals surface area contributed by atoms with Crippen LogP contribution in [-0.4, -0.2) is 34.2 Å². The molecule has 1 aromatic heterocycles. The molecule has 148 valence electrons. The van der Waals surface area contributed by atoms with Gasteiger partial charge in [0.2, 0.25) is 17.6 Å². The van der Waals surface area contributed by atoms with Crippen molar-refractivity contribution in [2.45, 2.75) is 45.1 Å². The van der Waals surface area contributed by atoms with E-state index in [4.69, 9.17) is 9.26 Å². The first-order valence-electron chi connectivity index (χ1n) is 9.40. The molecule has 1 atom stereocenters. The van der Waals surface area contributed by atoms with E-state index in [9.17, 15) is 14.7 Å². The molecule has 2 aliphatic rings. The summed E-state index contributed by atoms with van der Waals surface area (Å²) in [6, 6.07) is 6.65. The Bertz CT molecular complexity index is 910. The van der Waals surface area contributed by atoms with Gasteiger partial charge in [0.25, 0.3) is 0 Å². The van der Waals surface area contributed by atoms with E-state index in [2.05, 4.69) is 15.5 Å². The van der Waals surface area contributed by atoms with E-state index in [-0.39, 0.29) is 11.3 Å². The molecule has 0 aliphatic heterocycles. The van der Waals surface area contributed by atoms with Crippen LogP contribution in [0, 0.1) is 10.8 Å². The molecule has 8 heteroatoms. The van der Waals surface area contributed by atoms with Gasteiger partial charge in [-0.2, -0.15) is 4.98 Å². The first-order valence-corrected chi connectivity index (χ1v) is 9.40. The smallest absolute Gasteiger partial charge is 0.319 e. The van der Waals surface area contributed by atoms with Crippen LogP contribution in [0.4, 0.5) is 0 Å². The van der Waals surface area contributed by atoms with Crippen LogP contribution >= 0.6 is 0 Å². The fraction of sp³-hybridized carbons (Fsp3) is 0.500. The van der Waals surface area contributed by atoms with Gasteiger partial charge in [0.15, 0.2) is 0 Å². The number of aromatic nitrogens is 2. The van der Waals surface area contributed by atoms with Crippen molar-refractivity contribution in [1.82, 2.24) is 15.5 Å². The lowest BCUT2D eigenvalue weighted by molar-refractivity contribution is -0.181. The summed E-state index contributed by atoms with van der Waals surface area (Å²) in [7, 11) is 1.57. The van der Waals surface area contributed by atoms with Gasteiger partial charge >= 0.3 is 5.97 Å². The van der Waals surface area contributed by atoms with Crippen LogP contribution in [0.1, 0.15) is 51.0 Å². The van der Waals surface area contributed by atoms with Crippen LogP contribution in [0.2, 0.25) is 0 Å². The topological polar surface area (TPSA) is 115 Å². The molecule has 4 rings (SSSR count). The zero-order valence-corrected chi connectivity index (χ0v) is 15.9. The molecule has 0 radical (unpaired) electrons. The van der Waals surface area contributed by atoms with Gasteiger partial charge in [-0.15, -0.1) is 0 Å². The number of nitrogens with zero attached hydrogens (tertiary/aromatic N) is 2. The highest BCUT2D eigenvalue weighted by atomic mass is 16.5. The molecule has 8 nitrogen and oxygen atoms in total. The highest BCUT2D eigenvalue weighted by Gasteiger charge is 2.65. The number of hydrogen-bond acceptors (Lipinski definition) is 6. The van der Waals surface area contributed by atoms with Crippen molar-refractivity contribution in [3.05, 3.63) is 30.2 Å². The maximum Gasteiger partial charge on any atom is 0.319 e. The minimum Gasteiger partial charge on any atom is -0.497 e. The Balaban J connectivity index is 1.46. The van der Waals surface area contributed by atoms with E-state index in [1.165, 1.54) is 0 Å². The molecule has 1 aromatic carbocycles. The number of methoxy groups -OCH3 is 1. The number of nitrogens with one attached hydrogen (secondary N) is 1. The summed E-state index contributed by atoms with van der Waals surface area (Å²) < 4.78 is 10.5. The Hall–Kier alpha value is -2.90. The van der Waals surface area contributed by atoms with Crippen LogP contribution in [0.5, 0.6) is 5.75 Å². The first-order chi connectivity index (χ1) is 13.4. The predicted molar refractivity (Wildman–Crippen MR) is 98.4 cm³/mol. The summed E-state index contributed by atoms with van der Waals surface area (Å²) in [5.41, 5.74) is -0.561. The molecule has 0 saturated heterocycles. The summed E-state index contributed by atoms with van der Waals surface area (Å²) in [5.74, 6) is -0.267. The number of ether oxygens (including phenoxy) is 1. The number of carbonyl (C=O) groups is 2. The normalized spacial score (nSPS) is 19.9. The van der Waals surface area contributed by atoms with Gasteiger partial charge in [0.1, 0.15) is 17.2 Å². The second-order valence-corrected chi connectivity index (χ2v) is 7.98. The number of benzene rings is 1. The molecule has 0 bridgehead atoms. The van der Waals surface area contributed by atoms with Crippen molar-refractivity contribution >= 4 is 11.9 Å². The van der Waals surface area contributed by atoms with Gasteiger partial charge in [-0.05, 0) is 50.2 Å². The molecule has 2 fully saturated rings. The second-order valence-electron chi connectivity index (χ2n) is 7.98. The van der Waals surface area contributed by atoms with Crippen molar-refractivity contribution in [2.75, 3.05) is 7.11 Å². The minimum absolute atomic E-state index is 0.0585. The highest BCUT2D eigenvalue weighted by Crippen LogP contribution is 2.64. The maximum absolute atomic E-state index is 12.8. The molecule has 1 spiro atoms. The molecular formula is C20H23N3O5. The molecule has 1 amide bonds. The van der Waals surface area contributed by atoms with E-state index in [1.54, 1.807) is 20.1 Å². The standard InChI is InChI=1S/C20H23N3O5/c1-12(16-22-15(23-28-16)13-5-3-6-14(9-13)27-2)21-17(24)20(18(25)26)10-19(11-20)7-4-8-19/h3,5-6,9,12H,4,7-8,10-11H2,1-2H3,(H,21,24)(H,25,26). The molecule has 1 heterocycles. The quantitative estimate of drug-likeness (QED) is 0.735. The van der Waals surface area contributed by atoms with Crippen LogP contribution in [0.3, 0.4) is 0 Å². The van der Waals surface area contributed by atoms with Crippen LogP contribution in [0.15, 0.2) is 28.8 Å². The molecule has 28 heavy (non-hydrogen) atoms. The zero-order chi connectivity index (χ0) is 19.9. The van der Waals surface area contributed by atoms with Gasteiger partial charge in [-0.3, -0.25) is 9.59 Å². The SMILES string of the molecule is COc1cccc(-c2noc(C(C)NC(=O)C3(C(=O)O)CC4(CCC4)C3)n2)c1. The number of aliphatic carboxylic acids is 1. The van der Waals surface area contributed by atoms with Crippen molar-refractivity contribution in [3.63, 3.8) is 0 Å². The number of amides is 1. The molecule has 1 unspecified atom stereocenters. The fourth-order valence-corrected chi connectivity index (χ4v) is 4.35. The zero-order valence-electron chi connectivity index (χ0n) is 15.9. The maximum atomic E-state index is 12.8. The lowest BCUT2D eigenvalue weighted by Gasteiger charge is -2.58. The van der Waals surface area contributed by atoms with Crippen molar-refractivity contribution in [1.29, 1.82) is 0 Å². The lowest BCUT2D eigenvalue weighted by Crippen LogP contribution is -2.61. The molecular weight excluding hydrogens is 362 g/mol. The summed E-state index contributed by atoms with van der Waals surface area (Å²) in [4.78, 5) is 28.9. The number of carboxylic acid groups (broad SMARTS) is 1. The van der Waals surface area contributed by atoms with Gasteiger partial charge in [-0.25, -0.2) is 0 Å². The van der Waals surface area contributed by atoms with E-state index in [0.717, 1.165) is 24.8 Å². The average molecular weight is 385 g/mol. The van der Waals surface area contributed by atoms with Crippen molar-refractivity contribution in [2.24, 2.45) is 10.8 Å². The average Bonchev–Trinajstić information content (AvgIpc) is 3.09. The Morgan fingerprint density at radius 3 is 2.68 bits per heavy atom. The largest absolute Gasteiger partial charge is 0.497 e. The summed E-state index contributed by atoms with van der Waals surface area (Å²) in [5, 5.41) is 16.4. The second kappa shape index (κ2) is 6.61. The summed E-state index contributed by atoms with van der Waals surface area (Å²) in [6.45, 7) is 1.70. The summed E-state index contributed by atoms with van der Waals surface area (Å²) >= 11 is 0. The fourth-order valence-electron chi connectivity index (χ4n) is 4.35.